The normalized spacial score (nSPS) is 9.50. The van der Waals surface area contributed by atoms with Gasteiger partial charge in [0.05, 0.1) is 19.9 Å². The smallest absolute Gasteiger partial charge is 0.319 e. The van der Waals surface area contributed by atoms with Crippen LogP contribution in [0.5, 0.6) is 11.9 Å². The van der Waals surface area contributed by atoms with Crippen molar-refractivity contribution < 1.29 is 9.47 Å². The third kappa shape index (κ3) is 1.75. The van der Waals surface area contributed by atoms with Gasteiger partial charge in [0.15, 0.2) is 0 Å². The fourth-order valence-electron chi connectivity index (χ4n) is 0.711. The van der Waals surface area contributed by atoms with Crippen LogP contribution in [0, 0.1) is 0 Å². The highest BCUT2D eigenvalue weighted by Crippen LogP contribution is 2.18. The predicted molar refractivity (Wildman–Crippen MR) is 44.2 cm³/mol. The van der Waals surface area contributed by atoms with Gasteiger partial charge in [0.1, 0.15) is 5.69 Å². The summed E-state index contributed by atoms with van der Waals surface area (Å²) in [6, 6.07) is 0.257. The lowest BCUT2D eigenvalue weighted by Gasteiger charge is -2.05. The number of hydrogen-bond acceptors (Lipinski definition) is 5. The topological polar surface area (TPSA) is 70.3 Å². The SMILES string of the molecule is CCOc1nc(OC)ncc1N. The highest BCUT2D eigenvalue weighted by Gasteiger charge is 2.03. The van der Waals surface area contributed by atoms with Crippen LogP contribution < -0.4 is 15.2 Å². The zero-order valence-corrected chi connectivity index (χ0v) is 7.07. The Morgan fingerprint density at radius 1 is 1.58 bits per heavy atom. The molecular weight excluding hydrogens is 158 g/mol. The van der Waals surface area contributed by atoms with Crippen LogP contribution in [0.25, 0.3) is 0 Å². The van der Waals surface area contributed by atoms with Gasteiger partial charge in [-0.05, 0) is 6.92 Å². The summed E-state index contributed by atoms with van der Waals surface area (Å²) in [6.07, 6.45) is 1.46. The number of ether oxygens (including phenoxy) is 2. The number of anilines is 1. The first kappa shape index (κ1) is 8.58. The van der Waals surface area contributed by atoms with Gasteiger partial charge in [-0.25, -0.2) is 4.98 Å². The number of hydrogen-bond donors (Lipinski definition) is 1. The molecule has 0 bridgehead atoms. The molecule has 1 aromatic heterocycles. The third-order valence-electron chi connectivity index (χ3n) is 1.22. The second kappa shape index (κ2) is 3.75. The zero-order valence-electron chi connectivity index (χ0n) is 7.07. The molecule has 0 unspecified atom stereocenters. The van der Waals surface area contributed by atoms with E-state index >= 15 is 0 Å². The molecule has 0 spiro atoms. The summed E-state index contributed by atoms with van der Waals surface area (Å²) in [6.45, 7) is 2.37. The molecule has 2 N–H and O–H groups in total. The third-order valence-corrected chi connectivity index (χ3v) is 1.22. The van der Waals surface area contributed by atoms with Gasteiger partial charge in [-0.15, -0.1) is 0 Å². The highest BCUT2D eigenvalue weighted by molar-refractivity contribution is 5.46. The Bertz CT molecular complexity index is 265. The molecular formula is C7H11N3O2. The molecule has 0 aromatic carbocycles. The Morgan fingerprint density at radius 2 is 2.33 bits per heavy atom. The second-order valence-electron chi connectivity index (χ2n) is 2.05. The van der Waals surface area contributed by atoms with E-state index in [4.69, 9.17) is 15.2 Å². The predicted octanol–water partition coefficient (Wildman–Crippen LogP) is 0.466. The molecule has 5 heteroatoms. The van der Waals surface area contributed by atoms with Crippen molar-refractivity contribution in [2.75, 3.05) is 19.5 Å². The first-order valence-electron chi connectivity index (χ1n) is 3.57. The second-order valence-corrected chi connectivity index (χ2v) is 2.05. The highest BCUT2D eigenvalue weighted by atomic mass is 16.5. The van der Waals surface area contributed by atoms with E-state index in [0.717, 1.165) is 0 Å². The number of rotatable bonds is 3. The first-order chi connectivity index (χ1) is 5.77. The van der Waals surface area contributed by atoms with Gasteiger partial charge in [0.25, 0.3) is 0 Å². The largest absolute Gasteiger partial charge is 0.476 e. The molecule has 0 aliphatic heterocycles. The summed E-state index contributed by atoms with van der Waals surface area (Å²) >= 11 is 0. The van der Waals surface area contributed by atoms with Crippen molar-refractivity contribution in [1.82, 2.24) is 9.97 Å². The molecule has 5 nitrogen and oxygen atoms in total. The Balaban J connectivity index is 2.91. The van der Waals surface area contributed by atoms with Gasteiger partial charge < -0.3 is 15.2 Å². The van der Waals surface area contributed by atoms with Gasteiger partial charge in [0, 0.05) is 0 Å². The quantitative estimate of drug-likeness (QED) is 0.712. The first-order valence-corrected chi connectivity index (χ1v) is 3.57. The van der Waals surface area contributed by atoms with Gasteiger partial charge in [-0.1, -0.05) is 0 Å². The number of nitrogen functional groups attached to an aromatic ring is 1. The molecule has 0 amide bonds. The van der Waals surface area contributed by atoms with Crippen molar-refractivity contribution in [1.29, 1.82) is 0 Å². The Hall–Kier alpha value is -1.52. The molecule has 1 heterocycles. The molecule has 0 aliphatic rings. The Labute approximate surface area is 70.5 Å². The standard InChI is InChI=1S/C7H11N3O2/c1-3-12-6-5(8)4-9-7(10-6)11-2/h4H,3,8H2,1-2H3. The molecule has 0 fully saturated rings. The summed E-state index contributed by atoms with van der Waals surface area (Å²) in [7, 11) is 1.49. The molecule has 1 rings (SSSR count). The number of nitrogens with two attached hydrogens (primary N) is 1. The minimum Gasteiger partial charge on any atom is -0.476 e. The van der Waals surface area contributed by atoms with Crippen molar-refractivity contribution >= 4 is 5.69 Å². The van der Waals surface area contributed by atoms with Crippen LogP contribution in [-0.4, -0.2) is 23.7 Å². The summed E-state index contributed by atoms with van der Waals surface area (Å²) < 4.78 is 9.92. The van der Waals surface area contributed by atoms with Crippen molar-refractivity contribution in [3.8, 4) is 11.9 Å². The van der Waals surface area contributed by atoms with Crippen LogP contribution in [0.4, 0.5) is 5.69 Å². The van der Waals surface area contributed by atoms with Gasteiger partial charge in [-0.2, -0.15) is 4.98 Å². The average molecular weight is 169 g/mol. The monoisotopic (exact) mass is 169 g/mol. The fraction of sp³-hybridized carbons (Fsp3) is 0.429. The summed E-state index contributed by atoms with van der Waals surface area (Å²) in [5.41, 5.74) is 5.94. The molecule has 12 heavy (non-hydrogen) atoms. The number of methoxy groups -OCH3 is 1. The lowest BCUT2D eigenvalue weighted by Crippen LogP contribution is -2.02. The maximum absolute atomic E-state index is 5.52. The van der Waals surface area contributed by atoms with Crippen LogP contribution in [-0.2, 0) is 0 Å². The Kier molecular flexibility index (Phi) is 2.68. The maximum Gasteiger partial charge on any atom is 0.319 e. The van der Waals surface area contributed by atoms with E-state index in [0.29, 0.717) is 18.2 Å². The van der Waals surface area contributed by atoms with Crippen molar-refractivity contribution in [3.63, 3.8) is 0 Å². The van der Waals surface area contributed by atoms with Gasteiger partial charge >= 0.3 is 6.01 Å². The number of nitrogens with zero attached hydrogens (tertiary/aromatic N) is 2. The minimum absolute atomic E-state index is 0.257. The summed E-state index contributed by atoms with van der Waals surface area (Å²) in [4.78, 5) is 7.70. The molecule has 66 valence electrons. The Morgan fingerprint density at radius 3 is 2.92 bits per heavy atom. The number of aromatic nitrogens is 2. The molecule has 0 saturated heterocycles. The van der Waals surface area contributed by atoms with Crippen molar-refractivity contribution in [3.05, 3.63) is 6.20 Å². The molecule has 1 aromatic rings. The van der Waals surface area contributed by atoms with Gasteiger partial charge in [0.2, 0.25) is 5.88 Å². The van der Waals surface area contributed by atoms with Crippen molar-refractivity contribution in [2.24, 2.45) is 0 Å². The maximum atomic E-state index is 5.52. The molecule has 0 saturated carbocycles. The van der Waals surface area contributed by atoms with Crippen molar-refractivity contribution in [2.45, 2.75) is 6.92 Å². The minimum atomic E-state index is 0.257. The fourth-order valence-corrected chi connectivity index (χ4v) is 0.711. The van der Waals surface area contributed by atoms with Gasteiger partial charge in [-0.3, -0.25) is 0 Å². The van der Waals surface area contributed by atoms with Crippen LogP contribution in [0.3, 0.4) is 0 Å². The van der Waals surface area contributed by atoms with Crippen LogP contribution in [0.2, 0.25) is 0 Å². The van der Waals surface area contributed by atoms with E-state index in [1.54, 1.807) is 0 Å². The summed E-state index contributed by atoms with van der Waals surface area (Å²) in [5, 5.41) is 0. The lowest BCUT2D eigenvalue weighted by molar-refractivity contribution is 0.313. The van der Waals surface area contributed by atoms with Crippen LogP contribution in [0.15, 0.2) is 6.20 Å². The van der Waals surface area contributed by atoms with E-state index in [1.807, 2.05) is 6.92 Å². The van der Waals surface area contributed by atoms with E-state index in [1.165, 1.54) is 13.3 Å². The molecule has 0 radical (unpaired) electrons. The van der Waals surface area contributed by atoms with E-state index in [9.17, 15) is 0 Å². The average Bonchev–Trinajstić information content (AvgIpc) is 2.09. The van der Waals surface area contributed by atoms with Crippen LogP contribution in [0.1, 0.15) is 6.92 Å². The zero-order chi connectivity index (χ0) is 8.97. The summed E-state index contributed by atoms with van der Waals surface area (Å²) in [5.74, 6) is 0.365. The van der Waals surface area contributed by atoms with E-state index in [2.05, 4.69) is 9.97 Å². The van der Waals surface area contributed by atoms with E-state index in [-0.39, 0.29) is 6.01 Å². The molecule has 0 atom stereocenters. The van der Waals surface area contributed by atoms with Crippen LogP contribution >= 0.6 is 0 Å². The van der Waals surface area contributed by atoms with E-state index < -0.39 is 0 Å². The molecule has 0 aliphatic carbocycles. The lowest BCUT2D eigenvalue weighted by atomic mass is 10.5.